The molecule has 0 radical (unpaired) electrons. The first-order valence-corrected chi connectivity index (χ1v) is 23.6. The normalized spacial score (nSPS) is 15.2. The molecule has 1 fully saturated rings. The van der Waals surface area contributed by atoms with Gasteiger partial charge < -0.3 is 44.7 Å². The van der Waals surface area contributed by atoms with Gasteiger partial charge in [-0.05, 0) is 71.8 Å². The number of benzene rings is 4. The third kappa shape index (κ3) is 12.5. The lowest BCUT2D eigenvalue weighted by Gasteiger charge is -2.35. The number of aromatic nitrogens is 2. The zero-order chi connectivity index (χ0) is 50.1. The van der Waals surface area contributed by atoms with Crippen molar-refractivity contribution in [2.24, 2.45) is 5.41 Å². The number of nitrogens with zero attached hydrogens (tertiary/aromatic N) is 3. The van der Waals surface area contributed by atoms with Crippen LogP contribution < -0.4 is 15.4 Å². The number of aliphatic hydroxyl groups excluding tert-OH is 1. The van der Waals surface area contributed by atoms with Gasteiger partial charge in [-0.1, -0.05) is 69.3 Å². The third-order valence-corrected chi connectivity index (χ3v) is 12.8. The number of β-amino-alcohol motifs (C(OH)–C–C–N with tert-alkyl or cyclic N) is 1. The highest BCUT2D eigenvalue weighted by Gasteiger charge is 2.44. The number of ether oxygens (including phenoxy) is 4. The molecule has 3 heterocycles. The highest BCUT2D eigenvalue weighted by atomic mass is 32.1. The molecule has 3 atom stereocenters. The molecule has 1 aliphatic heterocycles. The Bertz CT molecular complexity index is 2840. The maximum atomic E-state index is 15.3. The molecule has 70 heavy (non-hydrogen) atoms. The van der Waals surface area contributed by atoms with Crippen molar-refractivity contribution < 1.29 is 57.1 Å². The minimum atomic E-state index is -1.19. The summed E-state index contributed by atoms with van der Waals surface area (Å²) >= 11 is 1.56. The van der Waals surface area contributed by atoms with E-state index in [4.69, 9.17) is 18.9 Å². The molecule has 4 aromatic carbocycles. The quantitative estimate of drug-likeness (QED) is 0.0570. The van der Waals surface area contributed by atoms with Crippen LogP contribution in [0.5, 0.6) is 5.75 Å². The van der Waals surface area contributed by atoms with Gasteiger partial charge in [-0.15, -0.1) is 11.3 Å². The number of thiazole rings is 1. The van der Waals surface area contributed by atoms with Crippen LogP contribution >= 0.6 is 11.3 Å². The average Bonchev–Trinajstić information content (AvgIpc) is 3.95. The Morgan fingerprint density at radius 3 is 2.19 bits per heavy atom. The second-order valence-corrected chi connectivity index (χ2v) is 18.7. The first-order valence-electron chi connectivity index (χ1n) is 22.7. The number of fused-ring (bicyclic) bond motifs is 1. The van der Waals surface area contributed by atoms with Gasteiger partial charge in [-0.2, -0.15) is 0 Å². The number of carbonyl (C=O) groups excluding carboxylic acids is 3. The Labute approximate surface area is 407 Å². The number of likely N-dealkylation sites (tertiary alicyclic amines) is 1. The number of carbonyl (C=O) groups is 4. The van der Waals surface area contributed by atoms with E-state index in [1.54, 1.807) is 80.9 Å². The zero-order valence-electron chi connectivity index (χ0n) is 39.4. The largest absolute Gasteiger partial charge is 0.491 e. The zero-order valence-corrected chi connectivity index (χ0v) is 40.2. The fourth-order valence-corrected chi connectivity index (χ4v) is 9.00. The van der Waals surface area contributed by atoms with Gasteiger partial charge in [-0.25, -0.2) is 28.3 Å². The molecule has 0 aliphatic carbocycles. The predicted molar refractivity (Wildman–Crippen MR) is 259 cm³/mol. The van der Waals surface area contributed by atoms with Crippen molar-refractivity contribution in [1.82, 2.24) is 25.5 Å². The fourth-order valence-electron chi connectivity index (χ4n) is 8.19. The molecule has 7 rings (SSSR count). The van der Waals surface area contributed by atoms with Crippen LogP contribution in [-0.2, 0) is 30.3 Å². The number of hydrogen-bond donors (Lipinski definition) is 4. The highest BCUT2D eigenvalue weighted by Crippen LogP contribution is 2.34. The number of rotatable bonds is 19. The van der Waals surface area contributed by atoms with E-state index in [-0.39, 0.29) is 70.1 Å². The predicted octanol–water partition coefficient (Wildman–Crippen LogP) is 8.12. The SMILES string of the molecule is Cc1ncsc1-c1ccc(CNC(=O)[C@@H]2C[C@@H](O)CN2C(=O)[C@@H](NC(=O)OCCOCCOCCOc2ccc(-c3ccc(-c4nc5ccc(F)cc5c(C(=O)O)c4C)cc3)c(F)c2)C(C)(C)C)cc1. The van der Waals surface area contributed by atoms with E-state index in [2.05, 4.69) is 20.6 Å². The number of amides is 3. The Morgan fingerprint density at radius 2 is 1.53 bits per heavy atom. The van der Waals surface area contributed by atoms with Crippen molar-refractivity contribution >= 4 is 46.1 Å². The monoisotopic (exact) mass is 979 g/mol. The Kier molecular flexibility index (Phi) is 16.5. The first kappa shape index (κ1) is 51.0. The lowest BCUT2D eigenvalue weighted by molar-refractivity contribution is -0.142. The number of aliphatic hydroxyl groups is 1. The van der Waals surface area contributed by atoms with Crippen molar-refractivity contribution in [1.29, 1.82) is 0 Å². The summed E-state index contributed by atoms with van der Waals surface area (Å²) in [7, 11) is 0. The number of carboxylic acids is 1. The number of pyridine rings is 1. The molecular weight excluding hydrogens is 925 g/mol. The number of aromatic carboxylic acids is 1. The summed E-state index contributed by atoms with van der Waals surface area (Å²) in [5.74, 6) is -2.88. The van der Waals surface area contributed by atoms with E-state index in [0.29, 0.717) is 39.2 Å². The molecule has 2 aromatic heterocycles. The molecule has 1 saturated heterocycles. The minimum absolute atomic E-state index is 0.0325. The van der Waals surface area contributed by atoms with Crippen molar-refractivity contribution in [3.05, 3.63) is 124 Å². The average molecular weight is 980 g/mol. The topological polar surface area (TPSA) is 199 Å². The maximum Gasteiger partial charge on any atom is 0.407 e. The second-order valence-electron chi connectivity index (χ2n) is 17.9. The lowest BCUT2D eigenvalue weighted by Crippen LogP contribution is -2.57. The van der Waals surface area contributed by atoms with E-state index < -0.39 is 59.1 Å². The molecule has 1 aliphatic rings. The number of carboxylic acid groups (broad SMARTS) is 1. The van der Waals surface area contributed by atoms with Crippen molar-refractivity contribution in [3.8, 4) is 38.6 Å². The van der Waals surface area contributed by atoms with E-state index >= 15 is 4.39 Å². The van der Waals surface area contributed by atoms with Gasteiger partial charge in [0.15, 0.2) is 0 Å². The smallest absolute Gasteiger partial charge is 0.407 e. The summed E-state index contributed by atoms with van der Waals surface area (Å²) in [6.07, 6.45) is -1.69. The fraction of sp³-hybridized carbons (Fsp3) is 0.346. The molecule has 18 heteroatoms. The van der Waals surface area contributed by atoms with E-state index in [1.165, 1.54) is 23.1 Å². The molecule has 0 saturated carbocycles. The van der Waals surface area contributed by atoms with E-state index in [1.807, 2.05) is 31.2 Å². The molecule has 0 unspecified atom stereocenters. The molecule has 0 spiro atoms. The number of aryl methyl sites for hydroxylation is 1. The van der Waals surface area contributed by atoms with Crippen molar-refractivity contribution in [2.75, 3.05) is 46.2 Å². The van der Waals surface area contributed by atoms with Gasteiger partial charge in [0, 0.05) is 42.1 Å². The van der Waals surface area contributed by atoms with E-state index in [0.717, 1.165) is 27.8 Å². The summed E-state index contributed by atoms with van der Waals surface area (Å²) < 4.78 is 51.3. The number of nitrogens with one attached hydrogen (secondary N) is 2. The Morgan fingerprint density at radius 1 is 0.857 bits per heavy atom. The summed E-state index contributed by atoms with van der Waals surface area (Å²) in [4.78, 5) is 63.6. The molecule has 0 bridgehead atoms. The first-order chi connectivity index (χ1) is 33.5. The standard InChI is InChI=1S/C52H55F2N5O10S/c1-30-44(50(63)64)40-24-36(53)14-17-42(40)57-45(30)34-12-10-33(11-13-34)39-16-15-38(26-41(39)54)68-22-20-66-18-19-67-21-23-69-51(65)58-47(52(3,4)5)49(62)59-28-37(60)25-43(59)48(61)55-27-32-6-8-35(9-7-32)46-31(2)56-29-70-46/h6-17,24,26,29,37,43,47,60H,18-23,25,27-28H2,1-5H3,(H,55,61)(H,58,65)(H,63,64)/t37-,43+,47-/m1/s1. The molecule has 6 aromatic rings. The highest BCUT2D eigenvalue weighted by molar-refractivity contribution is 7.13. The van der Waals surface area contributed by atoms with Gasteiger partial charge in [0.2, 0.25) is 11.8 Å². The maximum absolute atomic E-state index is 15.3. The minimum Gasteiger partial charge on any atom is -0.491 e. The van der Waals surface area contributed by atoms with Crippen LogP contribution in [0, 0.1) is 30.9 Å². The van der Waals surface area contributed by atoms with Crippen LogP contribution in [0.4, 0.5) is 13.6 Å². The number of hydrogen-bond acceptors (Lipinski definition) is 12. The van der Waals surface area contributed by atoms with Crippen LogP contribution in [0.25, 0.3) is 43.7 Å². The van der Waals surface area contributed by atoms with Crippen LogP contribution in [0.3, 0.4) is 0 Å². The molecule has 15 nitrogen and oxygen atoms in total. The van der Waals surface area contributed by atoms with Crippen molar-refractivity contribution in [2.45, 2.75) is 65.8 Å². The number of halogens is 2. The summed E-state index contributed by atoms with van der Waals surface area (Å²) in [5, 5.41) is 26.2. The summed E-state index contributed by atoms with van der Waals surface area (Å²) in [6, 6.07) is 21.0. The van der Waals surface area contributed by atoms with Gasteiger partial charge in [0.05, 0.1) is 65.4 Å². The summed E-state index contributed by atoms with van der Waals surface area (Å²) in [6.45, 7) is 9.74. The van der Waals surface area contributed by atoms with Gasteiger partial charge in [0.1, 0.15) is 42.7 Å². The van der Waals surface area contributed by atoms with Gasteiger partial charge in [0.25, 0.3) is 0 Å². The Hall–Kier alpha value is -6.86. The van der Waals surface area contributed by atoms with Crippen molar-refractivity contribution in [3.63, 3.8) is 0 Å². The lowest BCUT2D eigenvalue weighted by atomic mass is 9.85. The molecule has 3 amide bonds. The van der Waals surface area contributed by atoms with Gasteiger partial charge >= 0.3 is 12.1 Å². The van der Waals surface area contributed by atoms with E-state index in [9.17, 15) is 33.8 Å². The number of alkyl carbamates (subject to hydrolysis) is 1. The van der Waals surface area contributed by atoms with Crippen LogP contribution in [0.1, 0.15) is 54.4 Å². The molecule has 4 N–H and O–H groups in total. The molecule has 368 valence electrons. The summed E-state index contributed by atoms with van der Waals surface area (Å²) in [5.41, 5.74) is 6.52. The second kappa shape index (κ2) is 22.7. The Balaban J connectivity index is 0.796. The molecular formula is C52H55F2N5O10S. The van der Waals surface area contributed by atoms with Crippen LogP contribution in [0.15, 0.2) is 90.4 Å². The third-order valence-electron chi connectivity index (χ3n) is 11.8. The van der Waals surface area contributed by atoms with Gasteiger partial charge in [-0.3, -0.25) is 9.59 Å². The van der Waals surface area contributed by atoms with Crippen LogP contribution in [-0.4, -0.2) is 113 Å². The van der Waals surface area contributed by atoms with Crippen LogP contribution in [0.2, 0.25) is 0 Å².